The topological polar surface area (TPSA) is 34.2 Å². The van der Waals surface area contributed by atoms with Gasteiger partial charge in [-0.1, -0.05) is 0 Å². The first-order valence-electron chi connectivity index (χ1n) is 4.92. The summed E-state index contributed by atoms with van der Waals surface area (Å²) >= 11 is 0. The number of rotatable bonds is 3. The Balaban J connectivity index is 1.92. The minimum absolute atomic E-state index is 0.0758. The van der Waals surface area contributed by atoms with Crippen molar-refractivity contribution in [2.45, 2.75) is 18.9 Å². The van der Waals surface area contributed by atoms with Crippen LogP contribution < -0.4 is 5.32 Å². The Hall–Kier alpha value is -1.23. The normalized spacial score (nSPS) is 20.5. The van der Waals surface area contributed by atoms with Gasteiger partial charge in [0.15, 0.2) is 11.6 Å². The third-order valence-corrected chi connectivity index (χ3v) is 2.33. The fourth-order valence-electron chi connectivity index (χ4n) is 1.56. The second-order valence-corrected chi connectivity index (χ2v) is 3.50. The van der Waals surface area contributed by atoms with Crippen molar-refractivity contribution in [3.8, 4) is 0 Å². The van der Waals surface area contributed by atoms with E-state index in [1.807, 2.05) is 0 Å². The molecule has 0 bridgehead atoms. The van der Waals surface area contributed by atoms with E-state index in [0.717, 1.165) is 31.7 Å². The third kappa shape index (κ3) is 2.62. The molecule has 0 spiro atoms. The highest BCUT2D eigenvalue weighted by molar-refractivity contribution is 5.35. The van der Waals surface area contributed by atoms with Gasteiger partial charge in [-0.25, -0.2) is 13.8 Å². The van der Waals surface area contributed by atoms with Gasteiger partial charge in [0.2, 0.25) is 0 Å². The molecular formula is C10H12F2N2O. The number of pyridine rings is 1. The molecule has 0 amide bonds. The summed E-state index contributed by atoms with van der Waals surface area (Å²) in [6.07, 6.45) is 3.10. The van der Waals surface area contributed by atoms with Crippen molar-refractivity contribution in [2.24, 2.45) is 0 Å². The number of hydrogen-bond donors (Lipinski definition) is 1. The fraction of sp³-hybridized carbons (Fsp3) is 0.500. The number of hydrogen-bond acceptors (Lipinski definition) is 3. The van der Waals surface area contributed by atoms with E-state index in [1.165, 1.54) is 0 Å². The maximum absolute atomic E-state index is 13.1. The highest BCUT2D eigenvalue weighted by atomic mass is 19.1. The SMILES string of the molecule is Fc1cnc(NCC2CCCO2)c(F)c1. The Labute approximate surface area is 86.5 Å². The van der Waals surface area contributed by atoms with Crippen LogP contribution in [0.3, 0.4) is 0 Å². The summed E-state index contributed by atoms with van der Waals surface area (Å²) < 4.78 is 31.0. The lowest BCUT2D eigenvalue weighted by Gasteiger charge is -2.11. The van der Waals surface area contributed by atoms with Crippen molar-refractivity contribution in [3.63, 3.8) is 0 Å². The Kier molecular flexibility index (Phi) is 3.11. The largest absolute Gasteiger partial charge is 0.376 e. The lowest BCUT2D eigenvalue weighted by Crippen LogP contribution is -2.19. The molecule has 1 aliphatic heterocycles. The summed E-state index contributed by atoms with van der Waals surface area (Å²) in [5, 5.41) is 2.80. The zero-order valence-corrected chi connectivity index (χ0v) is 8.17. The van der Waals surface area contributed by atoms with Crippen LogP contribution in [-0.4, -0.2) is 24.2 Å². The van der Waals surface area contributed by atoms with Crippen LogP contribution in [-0.2, 0) is 4.74 Å². The summed E-state index contributed by atoms with van der Waals surface area (Å²) in [6.45, 7) is 1.27. The van der Waals surface area contributed by atoms with Gasteiger partial charge in [0, 0.05) is 19.2 Å². The van der Waals surface area contributed by atoms with Crippen molar-refractivity contribution in [2.75, 3.05) is 18.5 Å². The van der Waals surface area contributed by atoms with Gasteiger partial charge in [0.1, 0.15) is 5.82 Å². The van der Waals surface area contributed by atoms with Crippen LogP contribution in [0.4, 0.5) is 14.6 Å². The lowest BCUT2D eigenvalue weighted by molar-refractivity contribution is 0.120. The van der Waals surface area contributed by atoms with Gasteiger partial charge in [-0.2, -0.15) is 0 Å². The van der Waals surface area contributed by atoms with Gasteiger partial charge in [-0.05, 0) is 12.8 Å². The van der Waals surface area contributed by atoms with Gasteiger partial charge in [-0.3, -0.25) is 0 Å². The number of aromatic nitrogens is 1. The molecule has 1 unspecified atom stereocenters. The minimum Gasteiger partial charge on any atom is -0.376 e. The van der Waals surface area contributed by atoms with Gasteiger partial charge >= 0.3 is 0 Å². The van der Waals surface area contributed by atoms with E-state index in [-0.39, 0.29) is 11.9 Å². The van der Waals surface area contributed by atoms with Gasteiger partial charge in [-0.15, -0.1) is 0 Å². The molecule has 1 atom stereocenters. The van der Waals surface area contributed by atoms with E-state index < -0.39 is 11.6 Å². The average Bonchev–Trinajstić information content (AvgIpc) is 2.69. The number of nitrogens with zero attached hydrogens (tertiary/aromatic N) is 1. The predicted molar refractivity (Wildman–Crippen MR) is 51.6 cm³/mol. The third-order valence-electron chi connectivity index (χ3n) is 2.33. The van der Waals surface area contributed by atoms with E-state index in [2.05, 4.69) is 10.3 Å². The fourth-order valence-corrected chi connectivity index (χ4v) is 1.56. The smallest absolute Gasteiger partial charge is 0.168 e. The highest BCUT2D eigenvalue weighted by Gasteiger charge is 2.15. The molecule has 82 valence electrons. The first kappa shape index (κ1) is 10.3. The molecule has 2 rings (SSSR count). The average molecular weight is 214 g/mol. The van der Waals surface area contributed by atoms with Gasteiger partial charge < -0.3 is 10.1 Å². The summed E-state index contributed by atoms with van der Waals surface area (Å²) in [5.74, 6) is -1.27. The zero-order chi connectivity index (χ0) is 10.7. The number of nitrogens with one attached hydrogen (secondary N) is 1. The molecule has 1 fully saturated rings. The van der Waals surface area contributed by atoms with E-state index in [9.17, 15) is 8.78 Å². The standard InChI is InChI=1S/C10H12F2N2O/c11-7-4-9(12)10(13-5-7)14-6-8-2-1-3-15-8/h4-5,8H,1-3,6H2,(H,13,14). The molecule has 0 saturated carbocycles. The van der Waals surface area contributed by atoms with Crippen molar-refractivity contribution >= 4 is 5.82 Å². The second-order valence-electron chi connectivity index (χ2n) is 3.50. The molecule has 1 aromatic rings. The predicted octanol–water partition coefficient (Wildman–Crippen LogP) is 1.95. The monoisotopic (exact) mass is 214 g/mol. The molecule has 5 heteroatoms. The highest BCUT2D eigenvalue weighted by Crippen LogP contribution is 2.15. The Morgan fingerprint density at radius 2 is 2.40 bits per heavy atom. The molecule has 1 aromatic heterocycles. The van der Waals surface area contributed by atoms with Crippen LogP contribution in [0.2, 0.25) is 0 Å². The van der Waals surface area contributed by atoms with Crippen LogP contribution in [0.5, 0.6) is 0 Å². The zero-order valence-electron chi connectivity index (χ0n) is 8.17. The molecule has 1 N–H and O–H groups in total. The minimum atomic E-state index is -0.673. The number of halogens is 2. The van der Waals surface area contributed by atoms with Gasteiger partial charge in [0.25, 0.3) is 0 Å². The Morgan fingerprint density at radius 1 is 1.53 bits per heavy atom. The first-order chi connectivity index (χ1) is 7.25. The van der Waals surface area contributed by atoms with Crippen molar-refractivity contribution in [1.29, 1.82) is 0 Å². The van der Waals surface area contributed by atoms with E-state index in [4.69, 9.17) is 4.74 Å². The van der Waals surface area contributed by atoms with Crippen molar-refractivity contribution in [1.82, 2.24) is 4.98 Å². The Morgan fingerprint density at radius 3 is 3.07 bits per heavy atom. The van der Waals surface area contributed by atoms with Crippen LogP contribution in [0.1, 0.15) is 12.8 Å². The molecule has 0 aromatic carbocycles. The molecule has 0 aliphatic carbocycles. The first-order valence-corrected chi connectivity index (χ1v) is 4.92. The van der Waals surface area contributed by atoms with Crippen LogP contribution in [0, 0.1) is 11.6 Å². The molecule has 1 saturated heterocycles. The summed E-state index contributed by atoms with van der Waals surface area (Å²) in [7, 11) is 0. The second kappa shape index (κ2) is 4.53. The molecule has 1 aliphatic rings. The van der Waals surface area contributed by atoms with Crippen molar-refractivity contribution < 1.29 is 13.5 Å². The molecular weight excluding hydrogens is 202 g/mol. The van der Waals surface area contributed by atoms with Crippen molar-refractivity contribution in [3.05, 3.63) is 23.9 Å². The summed E-state index contributed by atoms with van der Waals surface area (Å²) in [4.78, 5) is 3.62. The maximum Gasteiger partial charge on any atom is 0.168 e. The summed E-state index contributed by atoms with van der Waals surface area (Å²) in [6, 6.07) is 0.810. The molecule has 3 nitrogen and oxygen atoms in total. The molecule has 2 heterocycles. The Bertz CT molecular complexity index is 340. The van der Waals surface area contributed by atoms with Gasteiger partial charge in [0.05, 0.1) is 12.3 Å². The number of anilines is 1. The van der Waals surface area contributed by atoms with Crippen LogP contribution in [0.15, 0.2) is 12.3 Å². The van der Waals surface area contributed by atoms with Crippen LogP contribution in [0.25, 0.3) is 0 Å². The van der Waals surface area contributed by atoms with E-state index >= 15 is 0 Å². The summed E-state index contributed by atoms with van der Waals surface area (Å²) in [5.41, 5.74) is 0. The van der Waals surface area contributed by atoms with Crippen LogP contribution >= 0.6 is 0 Å². The quantitative estimate of drug-likeness (QED) is 0.835. The molecule has 0 radical (unpaired) electrons. The molecule has 15 heavy (non-hydrogen) atoms. The number of ether oxygens (including phenoxy) is 1. The van der Waals surface area contributed by atoms with E-state index in [1.54, 1.807) is 0 Å². The lowest BCUT2D eigenvalue weighted by atomic mass is 10.2. The van der Waals surface area contributed by atoms with E-state index in [0.29, 0.717) is 6.54 Å². The maximum atomic E-state index is 13.1.